The molecule has 1 aromatic carbocycles. The molecule has 16 heavy (non-hydrogen) atoms. The standard InChI is InChI=1S/C12H11F2NO/c1-3-9-10(7(2)16)4-8(6-15)5-11(9)12(13)14/h4-5,12H,3H2,1-2H3. The van der Waals surface area contributed by atoms with Crippen molar-refractivity contribution in [2.45, 2.75) is 26.7 Å². The number of alkyl halides is 2. The number of benzene rings is 1. The number of nitrogens with zero attached hydrogens (tertiary/aromatic N) is 1. The lowest BCUT2D eigenvalue weighted by Crippen LogP contribution is -2.05. The van der Waals surface area contributed by atoms with E-state index in [0.717, 1.165) is 6.07 Å². The van der Waals surface area contributed by atoms with E-state index >= 15 is 0 Å². The lowest BCUT2D eigenvalue weighted by molar-refractivity contribution is 0.101. The molecule has 0 spiro atoms. The van der Waals surface area contributed by atoms with Gasteiger partial charge in [0.25, 0.3) is 6.43 Å². The Morgan fingerprint density at radius 1 is 1.50 bits per heavy atom. The molecule has 0 aliphatic rings. The number of ketones is 1. The van der Waals surface area contributed by atoms with Gasteiger partial charge in [0.1, 0.15) is 0 Å². The van der Waals surface area contributed by atoms with E-state index in [4.69, 9.17) is 5.26 Å². The van der Waals surface area contributed by atoms with Crippen LogP contribution in [0.5, 0.6) is 0 Å². The maximum absolute atomic E-state index is 12.8. The first kappa shape index (κ1) is 12.3. The summed E-state index contributed by atoms with van der Waals surface area (Å²) < 4.78 is 25.5. The van der Waals surface area contributed by atoms with Crippen LogP contribution in [0.25, 0.3) is 0 Å². The average molecular weight is 223 g/mol. The molecule has 0 radical (unpaired) electrons. The Morgan fingerprint density at radius 2 is 2.12 bits per heavy atom. The molecule has 1 aromatic rings. The van der Waals surface area contributed by atoms with Crippen molar-refractivity contribution in [3.8, 4) is 6.07 Å². The van der Waals surface area contributed by atoms with Crippen LogP contribution < -0.4 is 0 Å². The zero-order valence-electron chi connectivity index (χ0n) is 9.05. The molecule has 0 bridgehead atoms. The molecule has 0 atom stereocenters. The summed E-state index contributed by atoms with van der Waals surface area (Å²) in [5.74, 6) is -0.296. The number of halogens is 2. The third kappa shape index (κ3) is 2.25. The quantitative estimate of drug-likeness (QED) is 0.738. The minimum absolute atomic E-state index is 0.0951. The Bertz CT molecular complexity index is 461. The Kier molecular flexibility index (Phi) is 3.73. The van der Waals surface area contributed by atoms with Gasteiger partial charge in [0.15, 0.2) is 5.78 Å². The van der Waals surface area contributed by atoms with Crippen LogP contribution in [0.15, 0.2) is 12.1 Å². The number of carbonyl (C=O) groups is 1. The molecule has 0 aliphatic carbocycles. The second-order valence-corrected chi connectivity index (χ2v) is 3.41. The second-order valence-electron chi connectivity index (χ2n) is 3.41. The zero-order valence-corrected chi connectivity index (χ0v) is 9.05. The van der Waals surface area contributed by atoms with Crippen molar-refractivity contribution < 1.29 is 13.6 Å². The fourth-order valence-electron chi connectivity index (χ4n) is 1.66. The van der Waals surface area contributed by atoms with Gasteiger partial charge in [0, 0.05) is 11.1 Å². The average Bonchev–Trinajstić information content (AvgIpc) is 2.26. The lowest BCUT2D eigenvalue weighted by atomic mass is 9.94. The highest BCUT2D eigenvalue weighted by Crippen LogP contribution is 2.27. The van der Waals surface area contributed by atoms with Crippen molar-refractivity contribution >= 4 is 5.78 Å². The summed E-state index contributed by atoms with van der Waals surface area (Å²) in [6.45, 7) is 3.02. The summed E-state index contributed by atoms with van der Waals surface area (Å²) in [5.41, 5.74) is 0.433. The molecule has 0 unspecified atom stereocenters. The SMILES string of the molecule is CCc1c(C(C)=O)cc(C#N)cc1C(F)F. The van der Waals surface area contributed by atoms with E-state index in [1.807, 2.05) is 0 Å². The summed E-state index contributed by atoms with van der Waals surface area (Å²) in [7, 11) is 0. The number of carbonyl (C=O) groups excluding carboxylic acids is 1. The van der Waals surface area contributed by atoms with Crippen molar-refractivity contribution in [1.82, 2.24) is 0 Å². The summed E-state index contributed by atoms with van der Waals surface area (Å²) in [5, 5.41) is 8.71. The Morgan fingerprint density at radius 3 is 2.50 bits per heavy atom. The van der Waals surface area contributed by atoms with Gasteiger partial charge in [-0.1, -0.05) is 6.92 Å². The van der Waals surface area contributed by atoms with Gasteiger partial charge < -0.3 is 0 Å². The van der Waals surface area contributed by atoms with Crippen LogP contribution in [-0.4, -0.2) is 5.78 Å². The largest absolute Gasteiger partial charge is 0.295 e. The molecule has 0 fully saturated rings. The molecule has 4 heteroatoms. The number of rotatable bonds is 3. The molecule has 0 N–H and O–H groups in total. The maximum Gasteiger partial charge on any atom is 0.264 e. The van der Waals surface area contributed by atoms with Gasteiger partial charge in [-0.25, -0.2) is 8.78 Å². The minimum atomic E-state index is -2.67. The molecular formula is C12H11F2NO. The van der Waals surface area contributed by atoms with E-state index in [-0.39, 0.29) is 22.5 Å². The predicted octanol–water partition coefficient (Wildman–Crippen LogP) is 3.26. The van der Waals surface area contributed by atoms with Crippen LogP contribution in [0.3, 0.4) is 0 Å². The third-order valence-corrected chi connectivity index (χ3v) is 2.38. The summed E-state index contributed by atoms with van der Waals surface area (Å²) in [6.07, 6.45) is -2.32. The van der Waals surface area contributed by atoms with Crippen LogP contribution >= 0.6 is 0 Å². The second kappa shape index (κ2) is 4.84. The molecular weight excluding hydrogens is 212 g/mol. The van der Waals surface area contributed by atoms with Crippen molar-refractivity contribution in [2.75, 3.05) is 0 Å². The summed E-state index contributed by atoms with van der Waals surface area (Å²) >= 11 is 0. The van der Waals surface area contributed by atoms with Gasteiger partial charge in [-0.2, -0.15) is 5.26 Å². The first-order valence-electron chi connectivity index (χ1n) is 4.87. The number of Topliss-reactive ketones (excluding diaryl/α,β-unsaturated/α-hetero) is 1. The highest BCUT2D eigenvalue weighted by atomic mass is 19.3. The van der Waals surface area contributed by atoms with Crippen LogP contribution in [-0.2, 0) is 6.42 Å². The van der Waals surface area contributed by atoms with Crippen molar-refractivity contribution in [1.29, 1.82) is 5.26 Å². The smallest absolute Gasteiger partial charge is 0.264 e. The van der Waals surface area contributed by atoms with E-state index in [2.05, 4.69) is 0 Å². The van der Waals surface area contributed by atoms with Crippen molar-refractivity contribution in [3.05, 3.63) is 34.4 Å². The fraction of sp³-hybridized carbons (Fsp3) is 0.333. The van der Waals surface area contributed by atoms with Gasteiger partial charge in [-0.3, -0.25) is 4.79 Å². The molecule has 1 rings (SSSR count). The van der Waals surface area contributed by atoms with E-state index < -0.39 is 6.43 Å². The van der Waals surface area contributed by atoms with E-state index in [9.17, 15) is 13.6 Å². The first-order chi connectivity index (χ1) is 7.51. The summed E-state index contributed by atoms with van der Waals surface area (Å²) in [4.78, 5) is 11.3. The minimum Gasteiger partial charge on any atom is -0.295 e. The number of hydrogen-bond donors (Lipinski definition) is 0. The maximum atomic E-state index is 12.8. The monoisotopic (exact) mass is 223 g/mol. The van der Waals surface area contributed by atoms with Gasteiger partial charge in [-0.15, -0.1) is 0 Å². The Balaban J connectivity index is 3.54. The van der Waals surface area contributed by atoms with Crippen LogP contribution in [0.1, 0.15) is 47.3 Å². The van der Waals surface area contributed by atoms with E-state index in [0.29, 0.717) is 12.0 Å². The zero-order chi connectivity index (χ0) is 12.3. The summed E-state index contributed by atoms with van der Waals surface area (Å²) in [6, 6.07) is 4.30. The third-order valence-electron chi connectivity index (χ3n) is 2.38. The van der Waals surface area contributed by atoms with E-state index in [1.165, 1.54) is 13.0 Å². The van der Waals surface area contributed by atoms with Crippen LogP contribution in [0.4, 0.5) is 8.78 Å². The fourth-order valence-corrected chi connectivity index (χ4v) is 1.66. The molecule has 2 nitrogen and oxygen atoms in total. The molecule has 84 valence electrons. The lowest BCUT2D eigenvalue weighted by Gasteiger charge is -2.11. The number of hydrogen-bond acceptors (Lipinski definition) is 2. The highest BCUT2D eigenvalue weighted by Gasteiger charge is 2.18. The van der Waals surface area contributed by atoms with Gasteiger partial charge >= 0.3 is 0 Å². The van der Waals surface area contributed by atoms with E-state index in [1.54, 1.807) is 13.0 Å². The Labute approximate surface area is 92.5 Å². The molecule has 0 aliphatic heterocycles. The van der Waals surface area contributed by atoms with Crippen LogP contribution in [0.2, 0.25) is 0 Å². The topological polar surface area (TPSA) is 40.9 Å². The molecule has 0 saturated heterocycles. The van der Waals surface area contributed by atoms with Crippen molar-refractivity contribution in [2.24, 2.45) is 0 Å². The first-order valence-corrected chi connectivity index (χ1v) is 4.87. The van der Waals surface area contributed by atoms with Gasteiger partial charge in [0.2, 0.25) is 0 Å². The molecule has 0 amide bonds. The van der Waals surface area contributed by atoms with Gasteiger partial charge in [-0.05, 0) is 31.0 Å². The van der Waals surface area contributed by atoms with Crippen molar-refractivity contribution in [3.63, 3.8) is 0 Å². The number of nitriles is 1. The van der Waals surface area contributed by atoms with Crippen LogP contribution in [0, 0.1) is 11.3 Å². The highest BCUT2D eigenvalue weighted by molar-refractivity contribution is 5.96. The molecule has 0 heterocycles. The molecule has 0 aromatic heterocycles. The Hall–Kier alpha value is -1.76. The molecule has 0 saturated carbocycles. The predicted molar refractivity (Wildman–Crippen MR) is 55.5 cm³/mol. The normalized spacial score (nSPS) is 10.2. The van der Waals surface area contributed by atoms with Gasteiger partial charge in [0.05, 0.1) is 11.6 Å².